The van der Waals surface area contributed by atoms with Crippen LogP contribution in [0.5, 0.6) is 0 Å². The summed E-state index contributed by atoms with van der Waals surface area (Å²) in [5.41, 5.74) is 6.21. The largest absolute Gasteiger partial charge is 0.347 e. The van der Waals surface area contributed by atoms with Gasteiger partial charge in [-0.05, 0) is 31.1 Å². The van der Waals surface area contributed by atoms with E-state index in [1.54, 1.807) is 17.3 Å². The summed E-state index contributed by atoms with van der Waals surface area (Å²) >= 11 is 0. The standard InChI is InChI=1S/C13H20N4O/c1-17(7-10-15-4-5-16-10)13(18)11-8-2-3-9(6-8)12(11)14/h4-5,8-9,11-12H,2-3,6-7,14H2,1H3,(H,15,16). The number of carbonyl (C=O) groups excluding carboxylic acids is 1. The van der Waals surface area contributed by atoms with Crippen molar-refractivity contribution in [2.75, 3.05) is 7.05 Å². The highest BCUT2D eigenvalue weighted by atomic mass is 16.2. The molecule has 1 aromatic heterocycles. The Morgan fingerprint density at radius 1 is 1.56 bits per heavy atom. The van der Waals surface area contributed by atoms with Crippen molar-refractivity contribution in [1.82, 2.24) is 14.9 Å². The van der Waals surface area contributed by atoms with Crippen LogP contribution >= 0.6 is 0 Å². The number of nitrogens with two attached hydrogens (primary N) is 1. The minimum absolute atomic E-state index is 0.0312. The van der Waals surface area contributed by atoms with Crippen molar-refractivity contribution < 1.29 is 4.79 Å². The molecule has 2 saturated carbocycles. The van der Waals surface area contributed by atoms with Gasteiger partial charge in [-0.2, -0.15) is 0 Å². The Morgan fingerprint density at radius 3 is 2.94 bits per heavy atom. The van der Waals surface area contributed by atoms with E-state index in [-0.39, 0.29) is 17.9 Å². The normalized spacial score (nSPS) is 33.9. The Labute approximate surface area is 107 Å². The molecular weight excluding hydrogens is 228 g/mol. The minimum Gasteiger partial charge on any atom is -0.347 e. The number of imidazole rings is 1. The molecule has 3 N–H and O–H groups in total. The number of carbonyl (C=O) groups is 1. The third kappa shape index (κ3) is 1.82. The van der Waals surface area contributed by atoms with Crippen LogP contribution in [0.2, 0.25) is 0 Å². The van der Waals surface area contributed by atoms with E-state index in [1.807, 2.05) is 7.05 Å². The van der Waals surface area contributed by atoms with Gasteiger partial charge in [0.15, 0.2) is 0 Å². The predicted molar refractivity (Wildman–Crippen MR) is 67.4 cm³/mol. The molecule has 0 saturated heterocycles. The summed E-state index contributed by atoms with van der Waals surface area (Å²) in [4.78, 5) is 21.4. The van der Waals surface area contributed by atoms with E-state index in [0.29, 0.717) is 18.4 Å². The number of nitrogens with zero attached hydrogens (tertiary/aromatic N) is 2. The van der Waals surface area contributed by atoms with Gasteiger partial charge in [0, 0.05) is 25.5 Å². The van der Waals surface area contributed by atoms with Crippen molar-refractivity contribution in [3.63, 3.8) is 0 Å². The van der Waals surface area contributed by atoms with Crippen molar-refractivity contribution in [3.05, 3.63) is 18.2 Å². The maximum Gasteiger partial charge on any atom is 0.227 e. The second-order valence-electron chi connectivity index (χ2n) is 5.67. The van der Waals surface area contributed by atoms with Crippen molar-refractivity contribution in [2.24, 2.45) is 23.5 Å². The van der Waals surface area contributed by atoms with E-state index in [1.165, 1.54) is 12.8 Å². The molecule has 18 heavy (non-hydrogen) atoms. The molecule has 5 nitrogen and oxygen atoms in total. The van der Waals surface area contributed by atoms with Gasteiger partial charge in [0.25, 0.3) is 0 Å². The number of fused-ring (bicyclic) bond motifs is 2. The number of aromatic amines is 1. The highest BCUT2D eigenvalue weighted by Crippen LogP contribution is 2.48. The first-order valence-electron chi connectivity index (χ1n) is 6.65. The third-order valence-corrected chi connectivity index (χ3v) is 4.58. The number of nitrogens with one attached hydrogen (secondary N) is 1. The molecule has 2 fully saturated rings. The van der Waals surface area contributed by atoms with Gasteiger partial charge in [0.2, 0.25) is 5.91 Å². The third-order valence-electron chi connectivity index (χ3n) is 4.58. The van der Waals surface area contributed by atoms with Gasteiger partial charge in [-0.3, -0.25) is 4.79 Å². The summed E-state index contributed by atoms with van der Waals surface area (Å²) in [7, 11) is 1.84. The molecule has 3 rings (SSSR count). The van der Waals surface area contributed by atoms with Crippen molar-refractivity contribution in [1.29, 1.82) is 0 Å². The minimum atomic E-state index is 0.0312. The van der Waals surface area contributed by atoms with Gasteiger partial charge < -0.3 is 15.6 Å². The average Bonchev–Trinajstić information content (AvgIpc) is 3.04. The van der Waals surface area contributed by atoms with Crippen LogP contribution < -0.4 is 5.73 Å². The summed E-state index contributed by atoms with van der Waals surface area (Å²) < 4.78 is 0. The fourth-order valence-electron chi connectivity index (χ4n) is 3.64. The fourth-order valence-corrected chi connectivity index (χ4v) is 3.64. The summed E-state index contributed by atoms with van der Waals surface area (Å²) in [6.45, 7) is 0.534. The first-order valence-corrected chi connectivity index (χ1v) is 6.65. The Hall–Kier alpha value is -1.36. The van der Waals surface area contributed by atoms with Crippen LogP contribution in [-0.4, -0.2) is 33.9 Å². The summed E-state index contributed by atoms with van der Waals surface area (Å²) in [6, 6.07) is 0.0651. The van der Waals surface area contributed by atoms with Crippen LogP contribution in [-0.2, 0) is 11.3 Å². The first kappa shape index (κ1) is 11.7. The van der Waals surface area contributed by atoms with Crippen LogP contribution in [0, 0.1) is 17.8 Å². The summed E-state index contributed by atoms with van der Waals surface area (Å²) in [6.07, 6.45) is 7.00. The topological polar surface area (TPSA) is 75.0 Å². The van der Waals surface area contributed by atoms with Gasteiger partial charge in [0.1, 0.15) is 5.82 Å². The highest BCUT2D eigenvalue weighted by molar-refractivity contribution is 5.80. The SMILES string of the molecule is CN(Cc1ncc[nH]1)C(=O)C1C2CCC(C2)C1N. The molecule has 2 aliphatic carbocycles. The van der Waals surface area contributed by atoms with Crippen molar-refractivity contribution in [3.8, 4) is 0 Å². The molecule has 0 spiro atoms. The number of rotatable bonds is 3. The molecule has 1 aromatic rings. The second-order valence-corrected chi connectivity index (χ2v) is 5.67. The molecule has 4 unspecified atom stereocenters. The Kier molecular flexibility index (Phi) is 2.86. The van der Waals surface area contributed by atoms with Crippen LogP contribution in [0.15, 0.2) is 12.4 Å². The Balaban J connectivity index is 1.67. The number of H-pyrrole nitrogens is 1. The molecule has 0 radical (unpaired) electrons. The predicted octanol–water partition coefficient (Wildman–Crippen LogP) is 0.741. The maximum atomic E-state index is 12.5. The molecule has 0 aromatic carbocycles. The molecule has 2 aliphatic rings. The lowest BCUT2D eigenvalue weighted by Crippen LogP contribution is -2.45. The van der Waals surface area contributed by atoms with E-state index in [0.717, 1.165) is 12.2 Å². The quantitative estimate of drug-likeness (QED) is 0.828. The van der Waals surface area contributed by atoms with Gasteiger partial charge >= 0.3 is 0 Å². The summed E-state index contributed by atoms with van der Waals surface area (Å²) in [5, 5.41) is 0. The zero-order chi connectivity index (χ0) is 12.7. The lowest BCUT2D eigenvalue weighted by molar-refractivity contribution is -0.137. The van der Waals surface area contributed by atoms with Crippen molar-refractivity contribution in [2.45, 2.75) is 31.8 Å². The van der Waals surface area contributed by atoms with Crippen LogP contribution in [0.1, 0.15) is 25.1 Å². The average molecular weight is 248 g/mol. The van der Waals surface area contributed by atoms with Crippen LogP contribution in [0.3, 0.4) is 0 Å². The fraction of sp³-hybridized carbons (Fsp3) is 0.692. The molecule has 2 bridgehead atoms. The monoisotopic (exact) mass is 248 g/mol. The number of hydrogen-bond acceptors (Lipinski definition) is 3. The highest BCUT2D eigenvalue weighted by Gasteiger charge is 2.49. The molecule has 1 heterocycles. The van der Waals surface area contributed by atoms with E-state index >= 15 is 0 Å². The van der Waals surface area contributed by atoms with Crippen LogP contribution in [0.25, 0.3) is 0 Å². The van der Waals surface area contributed by atoms with Gasteiger partial charge in [-0.15, -0.1) is 0 Å². The van der Waals surface area contributed by atoms with Gasteiger partial charge in [0.05, 0.1) is 12.5 Å². The molecule has 4 atom stereocenters. The Morgan fingerprint density at radius 2 is 2.33 bits per heavy atom. The molecule has 98 valence electrons. The second kappa shape index (κ2) is 4.39. The lowest BCUT2D eigenvalue weighted by atomic mass is 9.84. The number of amides is 1. The van der Waals surface area contributed by atoms with Gasteiger partial charge in [-0.25, -0.2) is 4.98 Å². The molecule has 5 heteroatoms. The zero-order valence-corrected chi connectivity index (χ0v) is 10.7. The zero-order valence-electron chi connectivity index (χ0n) is 10.7. The van der Waals surface area contributed by atoms with E-state index < -0.39 is 0 Å². The number of hydrogen-bond donors (Lipinski definition) is 2. The van der Waals surface area contributed by atoms with E-state index in [9.17, 15) is 4.79 Å². The molecular formula is C13H20N4O. The van der Waals surface area contributed by atoms with E-state index in [4.69, 9.17) is 5.73 Å². The number of aromatic nitrogens is 2. The van der Waals surface area contributed by atoms with Crippen molar-refractivity contribution >= 4 is 5.91 Å². The smallest absolute Gasteiger partial charge is 0.227 e. The lowest BCUT2D eigenvalue weighted by Gasteiger charge is -2.30. The summed E-state index contributed by atoms with van der Waals surface area (Å²) in [5.74, 6) is 2.12. The maximum absolute atomic E-state index is 12.5. The molecule has 0 aliphatic heterocycles. The van der Waals surface area contributed by atoms with E-state index in [2.05, 4.69) is 9.97 Å². The van der Waals surface area contributed by atoms with Gasteiger partial charge in [-0.1, -0.05) is 0 Å². The van der Waals surface area contributed by atoms with Crippen LogP contribution in [0.4, 0.5) is 0 Å². The Bertz CT molecular complexity index is 428. The molecule has 1 amide bonds. The first-order chi connectivity index (χ1) is 8.66.